The Morgan fingerprint density at radius 1 is 0.383 bits per heavy atom. The van der Waals surface area contributed by atoms with Gasteiger partial charge in [-0.15, -0.1) is 0 Å². The summed E-state index contributed by atoms with van der Waals surface area (Å²) in [6, 6.07) is 0. The predicted molar refractivity (Wildman–Crippen MR) is 256 cm³/mol. The molecule has 0 aromatic carbocycles. The summed E-state index contributed by atoms with van der Waals surface area (Å²) in [5.41, 5.74) is 0. The zero-order valence-electron chi connectivity index (χ0n) is 44.8. The molecule has 0 bridgehead atoms. The van der Waals surface area contributed by atoms with Crippen molar-refractivity contribution in [2.45, 2.75) is 290 Å². The topological polar surface area (TPSA) is 78.9 Å². The van der Waals surface area contributed by atoms with E-state index in [4.69, 9.17) is 21.1 Å². The van der Waals surface area contributed by atoms with Crippen LogP contribution in [-0.2, 0) is 28.6 Å². The van der Waals surface area contributed by atoms with Crippen LogP contribution in [0, 0.1) is 0 Å². The zero-order valence-corrected chi connectivity index (χ0v) is 39.8. The first-order valence-electron chi connectivity index (χ1n) is 28.3. The molecule has 0 aromatic heterocycles. The second-order valence-corrected chi connectivity index (χ2v) is 17.3. The van der Waals surface area contributed by atoms with E-state index in [1.807, 2.05) is 0 Å². The lowest BCUT2D eigenvalue weighted by Crippen LogP contribution is -2.30. The quantitative estimate of drug-likeness (QED) is 0.0263. The van der Waals surface area contributed by atoms with Crippen molar-refractivity contribution in [2.75, 3.05) is 13.1 Å². The molecule has 6 nitrogen and oxygen atoms in total. The van der Waals surface area contributed by atoms with E-state index < -0.39 is 37.1 Å². The number of esters is 3. The minimum absolute atomic E-state index is 0.129. The number of hydrogen-bond donors (Lipinski definition) is 0. The molecule has 0 aliphatic rings. The molecule has 0 heterocycles. The van der Waals surface area contributed by atoms with Crippen molar-refractivity contribution in [3.05, 3.63) is 24.3 Å². The first kappa shape index (κ1) is 48.9. The number of carbonyl (C=O) groups is 3. The third-order valence-corrected chi connectivity index (χ3v) is 11.3. The van der Waals surface area contributed by atoms with Crippen LogP contribution in [0.5, 0.6) is 0 Å². The van der Waals surface area contributed by atoms with Gasteiger partial charge in [-0.2, -0.15) is 0 Å². The van der Waals surface area contributed by atoms with Crippen LogP contribution in [0.2, 0.25) is 0 Å². The number of ether oxygens (including phenoxy) is 3. The fraction of sp³-hybridized carbons (Fsp3) is 0.870. The van der Waals surface area contributed by atoms with E-state index in [0.717, 1.165) is 96.3 Å². The predicted octanol–water partition coefficient (Wildman–Crippen LogP) is 17.2. The van der Waals surface area contributed by atoms with Crippen LogP contribution >= 0.6 is 0 Å². The van der Waals surface area contributed by atoms with Gasteiger partial charge in [-0.25, -0.2) is 0 Å². The van der Waals surface area contributed by atoms with Gasteiger partial charge < -0.3 is 14.2 Å². The van der Waals surface area contributed by atoms with Gasteiger partial charge in [0.2, 0.25) is 0 Å². The number of carbonyl (C=O) groups excluding carboxylic acids is 3. The van der Waals surface area contributed by atoms with Crippen molar-refractivity contribution in [1.82, 2.24) is 0 Å². The first-order chi connectivity index (χ1) is 31.4. The summed E-state index contributed by atoms with van der Waals surface area (Å²) in [5.74, 6) is -2.95. The summed E-state index contributed by atoms with van der Waals surface area (Å²) in [7, 11) is 0. The van der Waals surface area contributed by atoms with Crippen LogP contribution in [-0.4, -0.2) is 37.1 Å². The van der Waals surface area contributed by atoms with Crippen molar-refractivity contribution in [1.29, 1.82) is 0 Å². The van der Waals surface area contributed by atoms with Crippen molar-refractivity contribution in [3.8, 4) is 0 Å². The largest absolute Gasteiger partial charge is 0.462 e. The second kappa shape index (κ2) is 49.5. The van der Waals surface area contributed by atoms with Crippen LogP contribution in [0.3, 0.4) is 0 Å². The Kier molecular flexibility index (Phi) is 40.4. The number of rotatable bonds is 48. The van der Waals surface area contributed by atoms with Gasteiger partial charge >= 0.3 is 17.9 Å². The molecule has 0 radical (unpaired) electrons. The maximum absolute atomic E-state index is 13.1. The Labute approximate surface area is 380 Å². The third kappa shape index (κ3) is 46.9. The van der Waals surface area contributed by atoms with Crippen LogP contribution < -0.4 is 0 Å². The molecule has 0 amide bonds. The minimum atomic E-state index is -3.49. The van der Waals surface area contributed by atoms with Gasteiger partial charge in [0.15, 0.2) is 6.08 Å². The molecule has 0 aliphatic heterocycles. The molecule has 0 fully saturated rings. The standard InChI is InChI=1S/C54H100O6/c1-4-7-10-13-16-19-22-25-26-27-30-33-36-39-42-45-48-54(57)60-51(49-58-52(55)46-43-40-37-34-31-28-23-20-17-14-11-8-5-2)50-59-53(56)47-44-41-38-35-32-29-24-21-18-15-12-9-6-3/h16,19,25-26,51H,4-15,17-18,20-24,27-50H2,1-3H3/b19-16-,26-25-/i49D2,50D2,51D. The van der Waals surface area contributed by atoms with Gasteiger partial charge in [0.1, 0.15) is 13.1 Å². The van der Waals surface area contributed by atoms with Crippen molar-refractivity contribution in [2.24, 2.45) is 0 Å². The van der Waals surface area contributed by atoms with Gasteiger partial charge in [0.05, 0.1) is 6.85 Å². The maximum Gasteiger partial charge on any atom is 0.306 e. The first-order valence-corrected chi connectivity index (χ1v) is 25.8. The maximum atomic E-state index is 13.1. The highest BCUT2D eigenvalue weighted by molar-refractivity contribution is 5.71. The van der Waals surface area contributed by atoms with Crippen molar-refractivity contribution < 1.29 is 35.4 Å². The molecular formula is C54H100O6. The molecule has 0 atom stereocenters. The lowest BCUT2D eigenvalue weighted by Gasteiger charge is -2.18. The highest BCUT2D eigenvalue weighted by atomic mass is 16.6. The summed E-state index contributed by atoms with van der Waals surface area (Å²) in [5, 5.41) is 0. The Bertz CT molecular complexity index is 1140. The van der Waals surface area contributed by atoms with Crippen LogP contribution in [0.4, 0.5) is 0 Å². The number of unbranched alkanes of at least 4 members (excludes halogenated alkanes) is 33. The molecule has 60 heavy (non-hydrogen) atoms. The van der Waals surface area contributed by atoms with E-state index >= 15 is 0 Å². The van der Waals surface area contributed by atoms with Gasteiger partial charge in [-0.05, 0) is 51.4 Å². The molecule has 0 saturated carbocycles. The monoisotopic (exact) mass is 850 g/mol. The molecular weight excluding hydrogens is 745 g/mol. The average Bonchev–Trinajstić information content (AvgIpc) is 3.26. The number of hydrogen-bond acceptors (Lipinski definition) is 6. The van der Waals surface area contributed by atoms with E-state index in [0.29, 0.717) is 25.7 Å². The highest BCUT2D eigenvalue weighted by Crippen LogP contribution is 2.16. The minimum Gasteiger partial charge on any atom is -0.462 e. The van der Waals surface area contributed by atoms with E-state index in [2.05, 4.69) is 45.1 Å². The molecule has 0 spiro atoms. The SMILES string of the molecule is [2H]C([2H])(OC(=O)CCCCCCCCCCCCCCC)C([2H])(OC(=O)CCCCCCCC/C=C\C/C=C\CCCCC)C([2H])([2H])OC(=O)CCCCCCCCCCCCCCC. The molecule has 0 unspecified atom stereocenters. The fourth-order valence-corrected chi connectivity index (χ4v) is 7.37. The summed E-state index contributed by atoms with van der Waals surface area (Å²) >= 11 is 0. The molecule has 6 heteroatoms. The molecule has 352 valence electrons. The summed E-state index contributed by atoms with van der Waals surface area (Å²) in [4.78, 5) is 38.9. The van der Waals surface area contributed by atoms with Gasteiger partial charge in [0, 0.05) is 19.3 Å². The van der Waals surface area contributed by atoms with Gasteiger partial charge in [-0.1, -0.05) is 238 Å². The Balaban J connectivity index is 5.02. The van der Waals surface area contributed by atoms with Crippen LogP contribution in [0.1, 0.15) is 291 Å². The molecule has 0 aliphatic carbocycles. The van der Waals surface area contributed by atoms with E-state index in [1.165, 1.54) is 122 Å². The summed E-state index contributed by atoms with van der Waals surface area (Å²) < 4.78 is 58.8. The third-order valence-electron chi connectivity index (χ3n) is 11.3. The van der Waals surface area contributed by atoms with Gasteiger partial charge in [0.25, 0.3) is 0 Å². The normalized spacial score (nSPS) is 13.6. The highest BCUT2D eigenvalue weighted by Gasteiger charge is 2.19. The molecule has 0 saturated heterocycles. The number of allylic oxidation sites excluding steroid dienone is 4. The second-order valence-electron chi connectivity index (χ2n) is 17.3. The zero-order chi connectivity index (χ0) is 48.2. The van der Waals surface area contributed by atoms with Crippen LogP contribution in [0.15, 0.2) is 24.3 Å². The lowest BCUT2D eigenvalue weighted by molar-refractivity contribution is -0.167. The molecule has 0 N–H and O–H groups in total. The summed E-state index contributed by atoms with van der Waals surface area (Å²) in [6.07, 6.45) is 46.2. The van der Waals surface area contributed by atoms with E-state index in [1.54, 1.807) is 0 Å². The Morgan fingerprint density at radius 2 is 0.650 bits per heavy atom. The van der Waals surface area contributed by atoms with Crippen molar-refractivity contribution in [3.63, 3.8) is 0 Å². The molecule has 0 aromatic rings. The lowest BCUT2D eigenvalue weighted by atomic mass is 10.0. The summed E-state index contributed by atoms with van der Waals surface area (Å²) in [6.45, 7) is -0.226. The Hall–Kier alpha value is -2.11. The average molecular weight is 850 g/mol. The van der Waals surface area contributed by atoms with E-state index in [-0.39, 0.29) is 19.3 Å². The smallest absolute Gasteiger partial charge is 0.306 e. The molecule has 0 rings (SSSR count). The van der Waals surface area contributed by atoms with Crippen LogP contribution in [0.25, 0.3) is 0 Å². The van der Waals surface area contributed by atoms with Crippen molar-refractivity contribution >= 4 is 17.9 Å². The van der Waals surface area contributed by atoms with Gasteiger partial charge in [-0.3, -0.25) is 14.4 Å². The fourth-order valence-electron chi connectivity index (χ4n) is 7.37. The van der Waals surface area contributed by atoms with E-state index in [9.17, 15) is 14.4 Å². The Morgan fingerprint density at radius 3 is 1.00 bits per heavy atom.